The molecule has 6 heteroatoms. The highest BCUT2D eigenvalue weighted by molar-refractivity contribution is 5.70. The van der Waals surface area contributed by atoms with Crippen LogP contribution in [0.2, 0.25) is 0 Å². The summed E-state index contributed by atoms with van der Waals surface area (Å²) in [5.41, 5.74) is 0. The number of rotatable bonds is 40. The molecule has 0 fully saturated rings. The van der Waals surface area contributed by atoms with Crippen molar-refractivity contribution in [2.24, 2.45) is 5.92 Å². The zero-order valence-electron chi connectivity index (χ0n) is 35.5. The Morgan fingerprint density at radius 3 is 1.52 bits per heavy atom. The molecule has 0 aliphatic heterocycles. The van der Waals surface area contributed by atoms with Gasteiger partial charge in [-0.3, -0.25) is 9.59 Å². The lowest BCUT2D eigenvalue weighted by atomic mass is 9.99. The maximum absolute atomic E-state index is 12.2. The predicted molar refractivity (Wildman–Crippen MR) is 230 cm³/mol. The third kappa shape index (κ3) is 39.5. The standard InChI is InChI=1S/C48H86O6/c1-4-6-38-45(50)39-34-30-26-22-18-15-16-20-24-28-32-36-41-48(52)54-46(42-49)43-53-47(51)40-35-31-27-23-19-14-12-10-8-7-9-11-13-17-21-25-29-33-37-44(3)5-2/h15-16,22,24,26,28,34,39,44-46,49-50H,4-14,17-21,23,25,27,29-33,35-38,40-43H2,1-3H3/b16-15-,26-22-,28-24-,39-34-/t44?,45-,46+/m1/s1. The van der Waals surface area contributed by atoms with Crippen LogP contribution in [0.15, 0.2) is 48.6 Å². The number of ether oxygens (including phenoxy) is 2. The van der Waals surface area contributed by atoms with Crippen LogP contribution < -0.4 is 0 Å². The van der Waals surface area contributed by atoms with Crippen LogP contribution in [0.3, 0.4) is 0 Å². The number of unbranched alkanes of at least 4 members (excludes halogenated alkanes) is 19. The first-order chi connectivity index (χ1) is 26.4. The Bertz CT molecular complexity index is 937. The van der Waals surface area contributed by atoms with Gasteiger partial charge in [0.2, 0.25) is 0 Å². The molecule has 0 bridgehead atoms. The van der Waals surface area contributed by atoms with Crippen LogP contribution in [-0.2, 0) is 19.1 Å². The summed E-state index contributed by atoms with van der Waals surface area (Å²) in [6.07, 6.45) is 49.5. The maximum atomic E-state index is 12.2. The quantitative estimate of drug-likeness (QED) is 0.0367. The fraction of sp³-hybridized carbons (Fsp3) is 0.792. The molecule has 314 valence electrons. The van der Waals surface area contributed by atoms with Crippen molar-refractivity contribution in [3.05, 3.63) is 48.6 Å². The summed E-state index contributed by atoms with van der Waals surface area (Å²) in [6, 6.07) is 0. The van der Waals surface area contributed by atoms with Gasteiger partial charge in [-0.2, -0.15) is 0 Å². The lowest BCUT2D eigenvalue weighted by Crippen LogP contribution is -2.28. The second-order valence-corrected chi connectivity index (χ2v) is 15.5. The molecule has 54 heavy (non-hydrogen) atoms. The summed E-state index contributed by atoms with van der Waals surface area (Å²) in [5.74, 6) is 0.236. The van der Waals surface area contributed by atoms with Crippen LogP contribution in [0.1, 0.15) is 213 Å². The van der Waals surface area contributed by atoms with E-state index in [2.05, 4.69) is 57.2 Å². The number of esters is 2. The molecule has 0 aromatic rings. The first kappa shape index (κ1) is 51.8. The van der Waals surface area contributed by atoms with Crippen LogP contribution in [0.25, 0.3) is 0 Å². The molecule has 2 N–H and O–H groups in total. The molecule has 6 nitrogen and oxygen atoms in total. The van der Waals surface area contributed by atoms with Crippen LogP contribution in [-0.4, -0.2) is 47.6 Å². The normalized spacial score (nSPS) is 13.8. The van der Waals surface area contributed by atoms with E-state index in [4.69, 9.17) is 9.47 Å². The van der Waals surface area contributed by atoms with Gasteiger partial charge in [-0.1, -0.05) is 204 Å². The Morgan fingerprint density at radius 1 is 0.556 bits per heavy atom. The van der Waals surface area contributed by atoms with E-state index in [-0.39, 0.29) is 37.7 Å². The molecule has 0 rings (SSSR count). The SMILES string of the molecule is CCCC[C@@H](O)/C=C\C/C=C\C/C=C\C/C=C\CCCC(=O)O[C@@H](CO)COC(=O)CCCCCCCCCCCCCCCCCCCCC(C)CC. The van der Waals surface area contributed by atoms with E-state index in [1.54, 1.807) is 0 Å². The van der Waals surface area contributed by atoms with Gasteiger partial charge in [-0.25, -0.2) is 0 Å². The Hall–Kier alpha value is -2.18. The topological polar surface area (TPSA) is 93.1 Å². The molecule has 0 saturated carbocycles. The zero-order chi connectivity index (χ0) is 39.6. The van der Waals surface area contributed by atoms with Gasteiger partial charge in [-0.15, -0.1) is 0 Å². The second kappa shape index (κ2) is 42.0. The van der Waals surface area contributed by atoms with Crippen LogP contribution in [0.5, 0.6) is 0 Å². The first-order valence-corrected chi connectivity index (χ1v) is 22.7. The number of aliphatic hydroxyl groups is 2. The summed E-state index contributed by atoms with van der Waals surface area (Å²) >= 11 is 0. The third-order valence-electron chi connectivity index (χ3n) is 10.2. The molecule has 0 heterocycles. The van der Waals surface area contributed by atoms with Crippen molar-refractivity contribution in [1.29, 1.82) is 0 Å². The van der Waals surface area contributed by atoms with E-state index >= 15 is 0 Å². The van der Waals surface area contributed by atoms with E-state index in [0.717, 1.165) is 70.1 Å². The lowest BCUT2D eigenvalue weighted by molar-refractivity contribution is -0.161. The fourth-order valence-corrected chi connectivity index (χ4v) is 6.37. The van der Waals surface area contributed by atoms with Gasteiger partial charge in [-0.05, 0) is 50.9 Å². The summed E-state index contributed by atoms with van der Waals surface area (Å²) in [4.78, 5) is 24.3. The smallest absolute Gasteiger partial charge is 0.306 e. The van der Waals surface area contributed by atoms with Gasteiger partial charge < -0.3 is 19.7 Å². The highest BCUT2D eigenvalue weighted by Crippen LogP contribution is 2.17. The summed E-state index contributed by atoms with van der Waals surface area (Å²) in [5, 5.41) is 19.4. The number of hydrogen-bond acceptors (Lipinski definition) is 6. The van der Waals surface area contributed by atoms with Crippen molar-refractivity contribution in [2.75, 3.05) is 13.2 Å². The lowest BCUT2D eigenvalue weighted by Gasteiger charge is -2.15. The van der Waals surface area contributed by atoms with Crippen molar-refractivity contribution in [3.8, 4) is 0 Å². The number of allylic oxidation sites excluding steroid dienone is 7. The summed E-state index contributed by atoms with van der Waals surface area (Å²) in [6.45, 7) is 6.35. The molecule has 0 aliphatic rings. The van der Waals surface area contributed by atoms with E-state index in [9.17, 15) is 19.8 Å². The minimum Gasteiger partial charge on any atom is -0.462 e. The molecule has 0 radical (unpaired) electrons. The van der Waals surface area contributed by atoms with Crippen molar-refractivity contribution in [3.63, 3.8) is 0 Å². The Morgan fingerprint density at radius 2 is 1.02 bits per heavy atom. The number of carbonyl (C=O) groups is 2. The molecule has 0 spiro atoms. The van der Waals surface area contributed by atoms with Gasteiger partial charge in [0.1, 0.15) is 6.61 Å². The van der Waals surface area contributed by atoms with E-state index in [0.29, 0.717) is 12.8 Å². The summed E-state index contributed by atoms with van der Waals surface area (Å²) in [7, 11) is 0. The molecule has 1 unspecified atom stereocenters. The number of hydrogen-bond donors (Lipinski definition) is 2. The number of aliphatic hydroxyl groups excluding tert-OH is 2. The summed E-state index contributed by atoms with van der Waals surface area (Å²) < 4.78 is 10.6. The molecule has 3 atom stereocenters. The van der Waals surface area contributed by atoms with Gasteiger partial charge >= 0.3 is 11.9 Å². The largest absolute Gasteiger partial charge is 0.462 e. The van der Waals surface area contributed by atoms with Crippen LogP contribution in [0.4, 0.5) is 0 Å². The van der Waals surface area contributed by atoms with Crippen molar-refractivity contribution >= 4 is 11.9 Å². The van der Waals surface area contributed by atoms with E-state index < -0.39 is 6.10 Å². The molecular formula is C48H86O6. The Balaban J connectivity index is 3.60. The molecular weight excluding hydrogens is 673 g/mol. The van der Waals surface area contributed by atoms with Crippen LogP contribution >= 0.6 is 0 Å². The monoisotopic (exact) mass is 759 g/mol. The highest BCUT2D eigenvalue weighted by atomic mass is 16.6. The molecule has 0 aliphatic carbocycles. The minimum absolute atomic E-state index is 0.0971. The first-order valence-electron chi connectivity index (χ1n) is 22.7. The molecule has 0 amide bonds. The zero-order valence-corrected chi connectivity index (χ0v) is 35.5. The third-order valence-corrected chi connectivity index (χ3v) is 10.2. The van der Waals surface area contributed by atoms with E-state index in [1.807, 2.05) is 12.2 Å². The molecule has 0 aromatic carbocycles. The van der Waals surface area contributed by atoms with Crippen LogP contribution in [0, 0.1) is 5.92 Å². The Labute approximate surface area is 333 Å². The average molecular weight is 759 g/mol. The van der Waals surface area contributed by atoms with Gasteiger partial charge in [0.05, 0.1) is 12.7 Å². The minimum atomic E-state index is -0.812. The van der Waals surface area contributed by atoms with Gasteiger partial charge in [0.15, 0.2) is 6.10 Å². The van der Waals surface area contributed by atoms with Crippen molar-refractivity contribution < 1.29 is 29.3 Å². The highest BCUT2D eigenvalue weighted by Gasteiger charge is 2.16. The fourth-order valence-electron chi connectivity index (χ4n) is 6.37. The average Bonchev–Trinajstić information content (AvgIpc) is 3.17. The second-order valence-electron chi connectivity index (χ2n) is 15.5. The predicted octanol–water partition coefficient (Wildman–Crippen LogP) is 13.4. The van der Waals surface area contributed by atoms with Crippen molar-refractivity contribution in [1.82, 2.24) is 0 Å². The maximum Gasteiger partial charge on any atom is 0.306 e. The van der Waals surface area contributed by atoms with E-state index in [1.165, 1.54) is 109 Å². The molecule has 0 aromatic heterocycles. The van der Waals surface area contributed by atoms with Crippen molar-refractivity contribution in [2.45, 2.75) is 226 Å². The van der Waals surface area contributed by atoms with Gasteiger partial charge in [0.25, 0.3) is 0 Å². The number of carbonyl (C=O) groups excluding carboxylic acids is 2. The van der Waals surface area contributed by atoms with Gasteiger partial charge in [0, 0.05) is 12.8 Å². The molecule has 0 saturated heterocycles. The Kier molecular flexibility index (Phi) is 40.3.